The highest BCUT2D eigenvalue weighted by atomic mass is 16.3. The van der Waals surface area contributed by atoms with Gasteiger partial charge in [-0.25, -0.2) is 9.97 Å². The van der Waals surface area contributed by atoms with Gasteiger partial charge in [0.2, 0.25) is 0 Å². The van der Waals surface area contributed by atoms with Crippen molar-refractivity contribution in [3.05, 3.63) is 11.4 Å². The summed E-state index contributed by atoms with van der Waals surface area (Å²) in [5, 5.41) is 12.9. The summed E-state index contributed by atoms with van der Waals surface area (Å²) in [4.78, 5) is 11.7. The van der Waals surface area contributed by atoms with Gasteiger partial charge in [-0.3, -0.25) is 0 Å². The average molecular weight is 292 g/mol. The van der Waals surface area contributed by atoms with E-state index in [4.69, 9.17) is 4.98 Å². The van der Waals surface area contributed by atoms with E-state index in [0.29, 0.717) is 0 Å². The highest BCUT2D eigenvalue weighted by molar-refractivity contribution is 5.59. The Morgan fingerprint density at radius 3 is 2.76 bits per heavy atom. The smallest absolute Gasteiger partial charge is 0.137 e. The summed E-state index contributed by atoms with van der Waals surface area (Å²) in [6, 6.07) is 0.181. The molecule has 1 aromatic heterocycles. The first kappa shape index (κ1) is 16.0. The Labute approximate surface area is 127 Å². The van der Waals surface area contributed by atoms with E-state index in [1.165, 1.54) is 12.8 Å². The van der Waals surface area contributed by atoms with Crippen molar-refractivity contribution in [2.75, 3.05) is 30.4 Å². The van der Waals surface area contributed by atoms with E-state index in [1.54, 1.807) is 0 Å². The molecule has 1 fully saturated rings. The van der Waals surface area contributed by atoms with Gasteiger partial charge in [0.1, 0.15) is 17.5 Å². The van der Waals surface area contributed by atoms with E-state index in [2.05, 4.69) is 29.0 Å². The molecule has 21 heavy (non-hydrogen) atoms. The lowest BCUT2D eigenvalue weighted by molar-refractivity contribution is 0.254. The minimum Gasteiger partial charge on any atom is -0.394 e. The zero-order valence-corrected chi connectivity index (χ0v) is 13.5. The normalized spacial score (nSPS) is 19.4. The molecular weight excluding hydrogens is 264 g/mol. The molecule has 0 aliphatic carbocycles. The lowest BCUT2D eigenvalue weighted by Crippen LogP contribution is -2.39. The van der Waals surface area contributed by atoms with Crippen LogP contribution in [-0.4, -0.2) is 41.3 Å². The van der Waals surface area contributed by atoms with Crippen LogP contribution >= 0.6 is 0 Å². The Morgan fingerprint density at radius 2 is 2.10 bits per heavy atom. The summed E-state index contributed by atoms with van der Waals surface area (Å²) in [6.07, 6.45) is 6.55. The monoisotopic (exact) mass is 292 g/mol. The van der Waals surface area contributed by atoms with Gasteiger partial charge in [-0.1, -0.05) is 19.8 Å². The number of nitrogens with zero attached hydrogens (tertiary/aromatic N) is 3. The number of hydrogen-bond acceptors (Lipinski definition) is 5. The van der Waals surface area contributed by atoms with Gasteiger partial charge in [0.25, 0.3) is 0 Å². The molecule has 5 nitrogen and oxygen atoms in total. The molecule has 0 radical (unpaired) electrons. The minimum atomic E-state index is 0.181. The molecule has 0 spiro atoms. The number of rotatable bonds is 5. The van der Waals surface area contributed by atoms with Crippen molar-refractivity contribution in [1.82, 2.24) is 9.97 Å². The summed E-state index contributed by atoms with van der Waals surface area (Å²) >= 11 is 0. The second kappa shape index (κ2) is 7.59. The van der Waals surface area contributed by atoms with Crippen molar-refractivity contribution in [3.63, 3.8) is 0 Å². The number of aliphatic hydroxyl groups excluding tert-OH is 1. The number of aromatic nitrogens is 2. The van der Waals surface area contributed by atoms with Crippen LogP contribution in [-0.2, 0) is 6.42 Å². The quantitative estimate of drug-likeness (QED) is 0.873. The maximum atomic E-state index is 9.74. The van der Waals surface area contributed by atoms with Gasteiger partial charge in [0, 0.05) is 25.6 Å². The molecule has 5 heteroatoms. The molecular formula is C16H28N4O. The molecule has 1 aliphatic rings. The first-order chi connectivity index (χ1) is 10.2. The van der Waals surface area contributed by atoms with E-state index in [1.807, 2.05) is 7.05 Å². The van der Waals surface area contributed by atoms with E-state index in [0.717, 1.165) is 55.3 Å². The number of aryl methyl sites for hydroxylation is 1. The molecule has 0 bridgehead atoms. The molecule has 2 rings (SSSR count). The summed E-state index contributed by atoms with van der Waals surface area (Å²) in [7, 11) is 1.90. The molecule has 118 valence electrons. The topological polar surface area (TPSA) is 61.3 Å². The second-order valence-electron chi connectivity index (χ2n) is 5.82. The van der Waals surface area contributed by atoms with Crippen molar-refractivity contribution in [2.24, 2.45) is 0 Å². The molecule has 1 unspecified atom stereocenters. The number of anilines is 2. The van der Waals surface area contributed by atoms with E-state index < -0.39 is 0 Å². The molecule has 0 saturated carbocycles. The van der Waals surface area contributed by atoms with Gasteiger partial charge in [-0.2, -0.15) is 0 Å². The van der Waals surface area contributed by atoms with Crippen LogP contribution in [0.3, 0.4) is 0 Å². The zero-order valence-electron chi connectivity index (χ0n) is 13.5. The largest absolute Gasteiger partial charge is 0.394 e. The summed E-state index contributed by atoms with van der Waals surface area (Å²) < 4.78 is 0. The molecule has 0 aromatic carbocycles. The van der Waals surface area contributed by atoms with Crippen LogP contribution in [0.2, 0.25) is 0 Å². The Bertz CT molecular complexity index is 464. The summed E-state index contributed by atoms with van der Waals surface area (Å²) in [6.45, 7) is 5.37. The predicted octanol–water partition coefficient (Wildman–Crippen LogP) is 2.52. The maximum Gasteiger partial charge on any atom is 0.137 e. The average Bonchev–Trinajstić information content (AvgIpc) is 2.74. The van der Waals surface area contributed by atoms with Crippen molar-refractivity contribution in [3.8, 4) is 0 Å². The van der Waals surface area contributed by atoms with Gasteiger partial charge < -0.3 is 15.3 Å². The van der Waals surface area contributed by atoms with E-state index in [9.17, 15) is 5.11 Å². The Morgan fingerprint density at radius 1 is 1.29 bits per heavy atom. The van der Waals surface area contributed by atoms with Crippen LogP contribution in [0.1, 0.15) is 50.4 Å². The number of hydrogen-bond donors (Lipinski definition) is 2. The summed E-state index contributed by atoms with van der Waals surface area (Å²) in [5.74, 6) is 2.80. The standard InChI is InChI=1S/C16H28N4O/c1-4-8-14-18-15(17-3)12(2)16(19-14)20-10-7-5-6-9-13(20)11-21/h13,21H,4-11H2,1-3H3,(H,17,18,19). The second-order valence-corrected chi connectivity index (χ2v) is 5.82. The first-order valence-electron chi connectivity index (χ1n) is 8.14. The lowest BCUT2D eigenvalue weighted by atomic mass is 10.1. The van der Waals surface area contributed by atoms with E-state index in [-0.39, 0.29) is 12.6 Å². The third-order valence-electron chi connectivity index (χ3n) is 4.24. The highest BCUT2D eigenvalue weighted by Gasteiger charge is 2.24. The van der Waals surface area contributed by atoms with Crippen molar-refractivity contribution in [2.45, 2.75) is 58.4 Å². The van der Waals surface area contributed by atoms with Crippen LogP contribution in [0.25, 0.3) is 0 Å². The van der Waals surface area contributed by atoms with Gasteiger partial charge in [0.15, 0.2) is 0 Å². The molecule has 1 saturated heterocycles. The van der Waals surface area contributed by atoms with Crippen LogP contribution in [0.4, 0.5) is 11.6 Å². The van der Waals surface area contributed by atoms with Crippen LogP contribution < -0.4 is 10.2 Å². The van der Waals surface area contributed by atoms with E-state index >= 15 is 0 Å². The van der Waals surface area contributed by atoms with Crippen LogP contribution in [0.15, 0.2) is 0 Å². The van der Waals surface area contributed by atoms with Gasteiger partial charge in [-0.15, -0.1) is 0 Å². The van der Waals surface area contributed by atoms with Crippen molar-refractivity contribution >= 4 is 11.6 Å². The van der Waals surface area contributed by atoms with Crippen molar-refractivity contribution in [1.29, 1.82) is 0 Å². The SMILES string of the molecule is CCCc1nc(NC)c(C)c(N2CCCCCC2CO)n1. The number of aliphatic hydroxyl groups is 1. The predicted molar refractivity (Wildman–Crippen MR) is 87.0 cm³/mol. The third-order valence-corrected chi connectivity index (χ3v) is 4.24. The number of nitrogens with one attached hydrogen (secondary N) is 1. The molecule has 1 aliphatic heterocycles. The van der Waals surface area contributed by atoms with Gasteiger partial charge in [0.05, 0.1) is 12.6 Å². The lowest BCUT2D eigenvalue weighted by Gasteiger charge is -2.31. The first-order valence-corrected chi connectivity index (χ1v) is 8.14. The Balaban J connectivity index is 2.41. The summed E-state index contributed by atoms with van der Waals surface area (Å²) in [5.41, 5.74) is 1.08. The molecule has 2 N–H and O–H groups in total. The minimum absolute atomic E-state index is 0.181. The highest BCUT2D eigenvalue weighted by Crippen LogP contribution is 2.28. The van der Waals surface area contributed by atoms with Gasteiger partial charge >= 0.3 is 0 Å². The molecule has 0 amide bonds. The third kappa shape index (κ3) is 3.64. The van der Waals surface area contributed by atoms with Gasteiger partial charge in [-0.05, 0) is 26.2 Å². The Hall–Kier alpha value is -1.36. The maximum absolute atomic E-state index is 9.74. The molecule has 1 atom stereocenters. The van der Waals surface area contributed by atoms with Crippen LogP contribution in [0.5, 0.6) is 0 Å². The fraction of sp³-hybridized carbons (Fsp3) is 0.750. The zero-order chi connectivity index (χ0) is 15.2. The fourth-order valence-corrected chi connectivity index (χ4v) is 3.05. The molecule has 2 heterocycles. The Kier molecular flexibility index (Phi) is 5.79. The van der Waals surface area contributed by atoms with Crippen molar-refractivity contribution < 1.29 is 5.11 Å². The molecule has 1 aromatic rings. The van der Waals surface area contributed by atoms with Crippen LogP contribution in [0, 0.1) is 6.92 Å². The fourth-order valence-electron chi connectivity index (χ4n) is 3.05.